The van der Waals surface area contributed by atoms with Crippen molar-refractivity contribution in [1.82, 2.24) is 19.4 Å². The number of aliphatic hydroxyl groups excluding tert-OH is 1. The second-order valence-electron chi connectivity index (χ2n) is 7.03. The van der Waals surface area contributed by atoms with Gasteiger partial charge in [-0.2, -0.15) is 5.10 Å². The third kappa shape index (κ3) is 4.39. The number of rotatable bonds is 7. The van der Waals surface area contributed by atoms with Crippen LogP contribution in [0.4, 0.5) is 0 Å². The van der Waals surface area contributed by atoms with Crippen LogP contribution >= 0.6 is 0 Å². The van der Waals surface area contributed by atoms with Gasteiger partial charge >= 0.3 is 0 Å². The average molecular weight is 394 g/mol. The first kappa shape index (κ1) is 20.0. The number of aryl methyl sites for hydroxylation is 1. The molecule has 8 nitrogen and oxygen atoms in total. The van der Waals surface area contributed by atoms with Crippen molar-refractivity contribution < 1.29 is 18.3 Å². The van der Waals surface area contributed by atoms with Gasteiger partial charge in [-0.05, 0) is 12.5 Å². The second-order valence-corrected chi connectivity index (χ2v) is 8.80. The van der Waals surface area contributed by atoms with Crippen LogP contribution in [0.2, 0.25) is 0 Å². The molecule has 2 heterocycles. The van der Waals surface area contributed by atoms with E-state index in [0.717, 1.165) is 5.56 Å². The Balaban J connectivity index is 1.81. The lowest BCUT2D eigenvalue weighted by atomic mass is 9.94. The molecule has 0 radical (unpaired) electrons. The van der Waals surface area contributed by atoms with Crippen LogP contribution in [0.15, 0.2) is 47.6 Å². The van der Waals surface area contributed by atoms with Gasteiger partial charge in [0.1, 0.15) is 4.90 Å². The zero-order valence-corrected chi connectivity index (χ0v) is 16.4. The van der Waals surface area contributed by atoms with Gasteiger partial charge in [-0.15, -0.1) is 0 Å². The minimum Gasteiger partial charge on any atom is -0.394 e. The van der Waals surface area contributed by atoms with Crippen molar-refractivity contribution in [2.45, 2.75) is 29.9 Å². The monoisotopic (exact) mass is 394 g/mol. The summed E-state index contributed by atoms with van der Waals surface area (Å²) < 4.78 is 34.9. The molecule has 1 aromatic heterocycles. The Morgan fingerprint density at radius 3 is 2.74 bits per heavy atom. The molecular formula is C18H26N4O4S. The lowest BCUT2D eigenvalue weighted by Crippen LogP contribution is -2.66. The molecule has 0 bridgehead atoms. The molecule has 148 valence electrons. The molecule has 1 fully saturated rings. The van der Waals surface area contributed by atoms with Crippen molar-refractivity contribution in [3.05, 3.63) is 48.3 Å². The quantitative estimate of drug-likeness (QED) is 0.704. The van der Waals surface area contributed by atoms with E-state index in [4.69, 9.17) is 4.74 Å². The Kier molecular flexibility index (Phi) is 5.97. The van der Waals surface area contributed by atoms with Gasteiger partial charge in [0.05, 0.1) is 31.6 Å². The van der Waals surface area contributed by atoms with Gasteiger partial charge in [-0.25, -0.2) is 13.1 Å². The van der Waals surface area contributed by atoms with Crippen molar-refractivity contribution in [3.8, 4) is 0 Å². The predicted octanol–water partition coefficient (Wildman–Crippen LogP) is 0.350. The van der Waals surface area contributed by atoms with Gasteiger partial charge in [0.15, 0.2) is 0 Å². The molecule has 2 aromatic rings. The van der Waals surface area contributed by atoms with Crippen LogP contribution in [0.25, 0.3) is 0 Å². The zero-order valence-electron chi connectivity index (χ0n) is 15.6. The summed E-state index contributed by atoms with van der Waals surface area (Å²) in [4.78, 5) is 2.22. The lowest BCUT2D eigenvalue weighted by Gasteiger charge is -2.49. The maximum Gasteiger partial charge on any atom is 0.243 e. The first-order chi connectivity index (χ1) is 12.9. The van der Waals surface area contributed by atoms with Crippen molar-refractivity contribution in [1.29, 1.82) is 0 Å². The minimum atomic E-state index is -3.73. The predicted molar refractivity (Wildman–Crippen MR) is 100 cm³/mol. The van der Waals surface area contributed by atoms with E-state index in [1.165, 1.54) is 17.1 Å². The Morgan fingerprint density at radius 1 is 1.37 bits per heavy atom. The largest absolute Gasteiger partial charge is 0.394 e. The highest BCUT2D eigenvalue weighted by molar-refractivity contribution is 7.89. The number of morpholine rings is 1. The number of hydrogen-bond donors (Lipinski definition) is 2. The minimum absolute atomic E-state index is 0.0361. The van der Waals surface area contributed by atoms with Gasteiger partial charge in [-0.1, -0.05) is 30.3 Å². The Morgan fingerprint density at radius 2 is 2.11 bits per heavy atom. The van der Waals surface area contributed by atoms with E-state index in [1.807, 2.05) is 37.3 Å². The summed E-state index contributed by atoms with van der Waals surface area (Å²) in [5.41, 5.74) is 0.252. The molecule has 2 N–H and O–H groups in total. The molecule has 0 saturated carbocycles. The molecule has 0 amide bonds. The van der Waals surface area contributed by atoms with Crippen LogP contribution in [0, 0.1) is 0 Å². The van der Waals surface area contributed by atoms with E-state index >= 15 is 0 Å². The summed E-state index contributed by atoms with van der Waals surface area (Å²) in [5.74, 6) is 0. The van der Waals surface area contributed by atoms with Gasteiger partial charge in [-0.3, -0.25) is 9.58 Å². The third-order valence-electron chi connectivity index (χ3n) is 4.94. The van der Waals surface area contributed by atoms with Gasteiger partial charge in [0, 0.05) is 32.4 Å². The van der Waals surface area contributed by atoms with Crippen LogP contribution in [-0.2, 0) is 28.4 Å². The van der Waals surface area contributed by atoms with Crippen LogP contribution in [-0.4, -0.2) is 66.2 Å². The van der Waals surface area contributed by atoms with Gasteiger partial charge in [0.25, 0.3) is 0 Å². The van der Waals surface area contributed by atoms with Crippen LogP contribution in [0.1, 0.15) is 12.5 Å². The number of hydrogen-bond acceptors (Lipinski definition) is 6. The average Bonchev–Trinajstić information content (AvgIpc) is 3.11. The number of sulfonamides is 1. The number of benzene rings is 1. The molecule has 1 saturated heterocycles. The lowest BCUT2D eigenvalue weighted by molar-refractivity contribution is -0.120. The summed E-state index contributed by atoms with van der Waals surface area (Å²) in [6.45, 7) is 3.21. The highest BCUT2D eigenvalue weighted by Crippen LogP contribution is 2.26. The number of ether oxygens (including phenoxy) is 1. The van der Waals surface area contributed by atoms with Crippen LogP contribution in [0.3, 0.4) is 0 Å². The molecule has 1 aliphatic heterocycles. The third-order valence-corrected chi connectivity index (χ3v) is 6.30. The van der Waals surface area contributed by atoms with Crippen molar-refractivity contribution in [2.24, 2.45) is 7.05 Å². The summed E-state index contributed by atoms with van der Waals surface area (Å²) in [6.07, 6.45) is 2.74. The molecule has 9 heteroatoms. The van der Waals surface area contributed by atoms with E-state index in [1.54, 1.807) is 7.05 Å². The molecule has 27 heavy (non-hydrogen) atoms. The molecule has 2 atom stereocenters. The molecule has 1 aliphatic rings. The fourth-order valence-corrected chi connectivity index (χ4v) is 4.46. The van der Waals surface area contributed by atoms with Gasteiger partial charge in [0.2, 0.25) is 10.0 Å². The fourth-order valence-electron chi connectivity index (χ4n) is 3.36. The second kappa shape index (κ2) is 8.07. The molecule has 0 unspecified atom stereocenters. The molecule has 3 rings (SSSR count). The smallest absolute Gasteiger partial charge is 0.243 e. The number of nitrogens with one attached hydrogen (secondary N) is 1. The van der Waals surface area contributed by atoms with E-state index in [9.17, 15) is 13.5 Å². The fraction of sp³-hybridized carbons (Fsp3) is 0.500. The number of aliphatic hydroxyl groups is 1. The highest BCUT2D eigenvalue weighted by atomic mass is 32.2. The van der Waals surface area contributed by atoms with E-state index in [0.29, 0.717) is 13.2 Å². The first-order valence-corrected chi connectivity index (χ1v) is 10.3. The zero-order chi connectivity index (χ0) is 19.5. The summed E-state index contributed by atoms with van der Waals surface area (Å²) >= 11 is 0. The van der Waals surface area contributed by atoms with Crippen LogP contribution < -0.4 is 4.72 Å². The molecule has 1 aromatic carbocycles. The molecule has 0 spiro atoms. The van der Waals surface area contributed by atoms with Crippen molar-refractivity contribution in [2.75, 3.05) is 26.4 Å². The summed E-state index contributed by atoms with van der Waals surface area (Å²) in [5, 5.41) is 14.1. The maximum absolute atomic E-state index is 12.6. The van der Waals surface area contributed by atoms with Gasteiger partial charge < -0.3 is 9.84 Å². The van der Waals surface area contributed by atoms with E-state index in [2.05, 4.69) is 14.7 Å². The summed E-state index contributed by atoms with van der Waals surface area (Å²) in [7, 11) is -2.07. The topological polar surface area (TPSA) is 96.7 Å². The van der Waals surface area contributed by atoms with Crippen LogP contribution in [0.5, 0.6) is 0 Å². The molecule has 0 aliphatic carbocycles. The Labute approximate surface area is 159 Å². The number of aromatic nitrogens is 2. The standard InChI is InChI=1S/C18H26N4O4S/c1-15-11-26-14-18(13-23,22(15)9-16-6-4-3-5-7-16)12-20-27(24,25)17-8-19-21(2)10-17/h3-8,10,15,20,23H,9,11-14H2,1-2H3/t15-,18+/m1/s1. The van der Waals surface area contributed by atoms with Crippen molar-refractivity contribution >= 4 is 10.0 Å². The Hall–Kier alpha value is -1.78. The highest BCUT2D eigenvalue weighted by Gasteiger charge is 2.43. The number of nitrogens with zero attached hydrogens (tertiary/aromatic N) is 3. The SMILES string of the molecule is C[C@@H]1COC[C@@](CO)(CNS(=O)(=O)c2cnn(C)c2)N1Cc1ccccc1. The maximum atomic E-state index is 12.6. The Bertz CT molecular complexity index is 855. The first-order valence-electron chi connectivity index (χ1n) is 8.84. The van der Waals surface area contributed by atoms with Crippen molar-refractivity contribution in [3.63, 3.8) is 0 Å². The summed E-state index contributed by atoms with van der Waals surface area (Å²) in [6, 6.07) is 9.95. The van der Waals surface area contributed by atoms with E-state index < -0.39 is 15.6 Å². The molecular weight excluding hydrogens is 368 g/mol. The normalized spacial score (nSPS) is 24.2. The van der Waals surface area contributed by atoms with E-state index in [-0.39, 0.29) is 30.7 Å².